The summed E-state index contributed by atoms with van der Waals surface area (Å²) in [6.45, 7) is 4.02. The minimum Gasteiger partial charge on any atom is -0.380 e. The average molecular weight is 328 g/mol. The molecule has 0 saturated heterocycles. The maximum Gasteiger partial charge on any atom is 0.155 e. The van der Waals surface area contributed by atoms with Crippen LogP contribution >= 0.6 is 11.6 Å². The van der Waals surface area contributed by atoms with Crippen molar-refractivity contribution in [2.45, 2.75) is 25.0 Å². The van der Waals surface area contributed by atoms with E-state index in [1.165, 1.54) is 0 Å². The van der Waals surface area contributed by atoms with Crippen molar-refractivity contribution in [3.8, 4) is 6.07 Å². The van der Waals surface area contributed by atoms with Gasteiger partial charge in [-0.1, -0.05) is 30.7 Å². The van der Waals surface area contributed by atoms with Crippen molar-refractivity contribution in [1.82, 2.24) is 0 Å². The molecule has 21 heavy (non-hydrogen) atoms. The first-order valence-corrected chi connectivity index (χ1v) is 8.98. The third-order valence-corrected chi connectivity index (χ3v) is 6.55. The highest BCUT2D eigenvalue weighted by molar-refractivity contribution is 7.92. The molecule has 0 aliphatic heterocycles. The van der Waals surface area contributed by atoms with E-state index in [1.54, 1.807) is 31.2 Å². The molecule has 1 aromatic carbocycles. The summed E-state index contributed by atoms with van der Waals surface area (Å²) in [5.41, 5.74) is -0.165. The Morgan fingerprint density at radius 1 is 1.33 bits per heavy atom. The Morgan fingerprint density at radius 3 is 2.43 bits per heavy atom. The van der Waals surface area contributed by atoms with Gasteiger partial charge in [-0.15, -0.1) is 0 Å². The molecule has 114 valence electrons. The van der Waals surface area contributed by atoms with Crippen molar-refractivity contribution < 1.29 is 13.2 Å². The smallest absolute Gasteiger partial charge is 0.155 e. The molecular weight excluding hydrogens is 310 g/mol. The summed E-state index contributed by atoms with van der Waals surface area (Å²) < 4.78 is 30.0. The van der Waals surface area contributed by atoms with E-state index in [0.29, 0.717) is 11.6 Å². The molecule has 2 rings (SSSR count). The predicted octanol–water partition coefficient (Wildman–Crippen LogP) is 2.79. The van der Waals surface area contributed by atoms with Crippen LogP contribution in [-0.2, 0) is 14.6 Å². The van der Waals surface area contributed by atoms with E-state index in [-0.39, 0.29) is 18.3 Å². The van der Waals surface area contributed by atoms with Crippen molar-refractivity contribution in [3.05, 3.63) is 34.9 Å². The number of halogens is 1. The van der Waals surface area contributed by atoms with Crippen LogP contribution in [0.3, 0.4) is 0 Å². The van der Waals surface area contributed by atoms with Crippen LogP contribution in [-0.4, -0.2) is 32.6 Å². The van der Waals surface area contributed by atoms with Gasteiger partial charge in [-0.05, 0) is 24.6 Å². The van der Waals surface area contributed by atoms with Gasteiger partial charge in [-0.3, -0.25) is 0 Å². The number of ether oxygens (including phenoxy) is 1. The summed E-state index contributed by atoms with van der Waals surface area (Å²) >= 11 is 5.87. The molecule has 4 nitrogen and oxygen atoms in total. The molecule has 0 radical (unpaired) electrons. The zero-order valence-corrected chi connectivity index (χ0v) is 13.6. The third-order valence-electron chi connectivity index (χ3n) is 4.03. The van der Waals surface area contributed by atoms with E-state index in [2.05, 4.69) is 6.07 Å². The van der Waals surface area contributed by atoms with Gasteiger partial charge in [0, 0.05) is 23.3 Å². The van der Waals surface area contributed by atoms with E-state index in [1.807, 2.05) is 6.92 Å². The molecule has 0 bridgehead atoms. The number of benzene rings is 1. The van der Waals surface area contributed by atoms with Crippen molar-refractivity contribution >= 4 is 21.4 Å². The number of nitriles is 1. The van der Waals surface area contributed by atoms with Gasteiger partial charge in [-0.2, -0.15) is 5.26 Å². The second-order valence-corrected chi connectivity index (χ2v) is 8.04. The first-order valence-electron chi connectivity index (χ1n) is 6.89. The van der Waals surface area contributed by atoms with Crippen LogP contribution in [0.5, 0.6) is 0 Å². The highest BCUT2D eigenvalue weighted by Crippen LogP contribution is 2.63. The van der Waals surface area contributed by atoms with Gasteiger partial charge in [0.05, 0.1) is 17.9 Å². The Kier molecular flexibility index (Phi) is 4.62. The van der Waals surface area contributed by atoms with E-state index in [0.717, 1.165) is 5.56 Å². The quantitative estimate of drug-likeness (QED) is 0.805. The lowest BCUT2D eigenvalue weighted by Crippen LogP contribution is -2.20. The zero-order chi connectivity index (χ0) is 15.7. The lowest BCUT2D eigenvalue weighted by molar-refractivity contribution is 0.117. The molecule has 0 aromatic heterocycles. The fourth-order valence-corrected chi connectivity index (χ4v) is 4.99. The lowest BCUT2D eigenvalue weighted by atomic mass is 10.0. The Labute approximate surface area is 130 Å². The van der Waals surface area contributed by atoms with Crippen LogP contribution in [0.25, 0.3) is 0 Å². The molecule has 0 amide bonds. The number of rotatable bonds is 6. The summed E-state index contributed by atoms with van der Waals surface area (Å²) in [7, 11) is -3.32. The highest BCUT2D eigenvalue weighted by atomic mass is 35.5. The number of hydrogen-bond acceptors (Lipinski definition) is 4. The number of hydrogen-bond donors (Lipinski definition) is 0. The van der Waals surface area contributed by atoms with Crippen LogP contribution in [0.1, 0.15) is 25.3 Å². The minimum atomic E-state index is -3.32. The highest BCUT2D eigenvalue weighted by Gasteiger charge is 2.71. The Bertz CT molecular complexity index is 650. The standard InChI is InChI=1S/C15H18ClNO3S/c1-3-20-10-15(9-17)13(14(15)21(18,19)4-2)11-5-7-12(16)8-6-11/h5-8,13-14H,3-4,10H2,1-2H3/t13-,14-,15-/m0/s1. The molecule has 1 aliphatic carbocycles. The molecule has 1 fully saturated rings. The van der Waals surface area contributed by atoms with Gasteiger partial charge in [0.2, 0.25) is 0 Å². The molecule has 0 N–H and O–H groups in total. The zero-order valence-electron chi connectivity index (χ0n) is 12.0. The van der Waals surface area contributed by atoms with Gasteiger partial charge in [0.25, 0.3) is 0 Å². The van der Waals surface area contributed by atoms with Gasteiger partial charge >= 0.3 is 0 Å². The molecule has 6 heteroatoms. The molecule has 3 atom stereocenters. The van der Waals surface area contributed by atoms with Crippen LogP contribution in [0.2, 0.25) is 5.02 Å². The molecule has 1 aliphatic rings. The van der Waals surface area contributed by atoms with E-state index in [9.17, 15) is 13.7 Å². The van der Waals surface area contributed by atoms with Crippen molar-refractivity contribution in [1.29, 1.82) is 5.26 Å². The third kappa shape index (κ3) is 2.80. The predicted molar refractivity (Wildman–Crippen MR) is 82.0 cm³/mol. The molecule has 0 unspecified atom stereocenters. The fraction of sp³-hybridized carbons (Fsp3) is 0.533. The average Bonchev–Trinajstić information content (AvgIpc) is 3.16. The van der Waals surface area contributed by atoms with E-state index in [4.69, 9.17) is 16.3 Å². The SMILES string of the molecule is CCOC[C@@]1(C#N)[C@@H](c2ccc(Cl)cc2)[C@@H]1S(=O)(=O)CC. The van der Waals surface area contributed by atoms with Crippen molar-refractivity contribution in [2.24, 2.45) is 5.41 Å². The van der Waals surface area contributed by atoms with E-state index < -0.39 is 20.5 Å². The van der Waals surface area contributed by atoms with E-state index >= 15 is 0 Å². The molecule has 1 aromatic rings. The van der Waals surface area contributed by atoms with Crippen molar-refractivity contribution in [3.63, 3.8) is 0 Å². The summed E-state index contributed by atoms with van der Waals surface area (Å²) in [6, 6.07) is 9.21. The lowest BCUT2D eigenvalue weighted by Gasteiger charge is -2.09. The van der Waals surface area contributed by atoms with Crippen LogP contribution in [0.4, 0.5) is 0 Å². The minimum absolute atomic E-state index is 0.0251. The Hall–Kier alpha value is -1.09. The number of sulfone groups is 1. The Morgan fingerprint density at radius 2 is 1.95 bits per heavy atom. The van der Waals surface area contributed by atoms with Crippen LogP contribution in [0, 0.1) is 16.7 Å². The molecule has 1 saturated carbocycles. The molecule has 0 spiro atoms. The van der Waals surface area contributed by atoms with Crippen LogP contribution in [0.15, 0.2) is 24.3 Å². The largest absolute Gasteiger partial charge is 0.380 e. The number of nitrogens with zero attached hydrogens (tertiary/aromatic N) is 1. The molecule has 0 heterocycles. The second kappa shape index (κ2) is 5.96. The first kappa shape index (κ1) is 16.3. The molecular formula is C15H18ClNO3S. The topological polar surface area (TPSA) is 67.2 Å². The first-order chi connectivity index (χ1) is 9.93. The van der Waals surface area contributed by atoms with Crippen molar-refractivity contribution in [2.75, 3.05) is 19.0 Å². The maximum atomic E-state index is 12.3. The van der Waals surface area contributed by atoms with Crippen LogP contribution < -0.4 is 0 Å². The van der Waals surface area contributed by atoms with Gasteiger partial charge in [0.1, 0.15) is 5.41 Å². The fourth-order valence-electron chi connectivity index (χ4n) is 2.86. The summed E-state index contributed by atoms with van der Waals surface area (Å²) in [5, 5.41) is 9.46. The Balaban J connectivity index is 2.42. The summed E-state index contributed by atoms with van der Waals surface area (Å²) in [6.07, 6.45) is 0. The second-order valence-electron chi connectivity index (χ2n) is 5.19. The summed E-state index contributed by atoms with van der Waals surface area (Å²) in [5.74, 6) is -0.326. The normalized spacial score (nSPS) is 28.1. The maximum absolute atomic E-state index is 12.3. The van der Waals surface area contributed by atoms with Gasteiger partial charge < -0.3 is 4.74 Å². The summed E-state index contributed by atoms with van der Waals surface area (Å²) in [4.78, 5) is 0. The monoisotopic (exact) mass is 327 g/mol. The van der Waals surface area contributed by atoms with Gasteiger partial charge in [-0.25, -0.2) is 8.42 Å². The van der Waals surface area contributed by atoms with Gasteiger partial charge in [0.15, 0.2) is 9.84 Å².